The van der Waals surface area contributed by atoms with Crippen LogP contribution in [-0.2, 0) is 0 Å². The van der Waals surface area contributed by atoms with Gasteiger partial charge in [0, 0.05) is 12.6 Å². The van der Waals surface area contributed by atoms with Gasteiger partial charge in [-0.3, -0.25) is 4.90 Å². The molecule has 0 amide bonds. The van der Waals surface area contributed by atoms with Crippen molar-refractivity contribution in [3.05, 3.63) is 0 Å². The maximum atomic E-state index is 5.75. The van der Waals surface area contributed by atoms with E-state index < -0.39 is 0 Å². The molecule has 1 aliphatic heterocycles. The van der Waals surface area contributed by atoms with Gasteiger partial charge in [-0.15, -0.1) is 0 Å². The van der Waals surface area contributed by atoms with Crippen LogP contribution in [0.2, 0.25) is 0 Å². The van der Waals surface area contributed by atoms with Gasteiger partial charge in [0.2, 0.25) is 0 Å². The van der Waals surface area contributed by atoms with Gasteiger partial charge in [-0.1, -0.05) is 19.8 Å². The lowest BCUT2D eigenvalue weighted by atomic mass is 10.1. The summed E-state index contributed by atoms with van der Waals surface area (Å²) in [6, 6.07) is 0.674. The minimum Gasteiger partial charge on any atom is -0.329 e. The summed E-state index contributed by atoms with van der Waals surface area (Å²) in [5, 5.41) is 0. The molecule has 2 N–H and O–H groups in total. The van der Waals surface area contributed by atoms with E-state index in [9.17, 15) is 0 Å². The van der Waals surface area contributed by atoms with Gasteiger partial charge in [0.25, 0.3) is 0 Å². The van der Waals surface area contributed by atoms with Crippen LogP contribution in [0.1, 0.15) is 39.0 Å². The largest absolute Gasteiger partial charge is 0.329 e. The van der Waals surface area contributed by atoms with Crippen molar-refractivity contribution in [2.24, 2.45) is 5.73 Å². The number of nitrogens with zero attached hydrogens (tertiary/aromatic N) is 1. The van der Waals surface area contributed by atoms with E-state index in [4.69, 9.17) is 5.73 Å². The molecule has 0 spiro atoms. The zero-order valence-corrected chi connectivity index (χ0v) is 8.26. The Balaban J connectivity index is 2.39. The van der Waals surface area contributed by atoms with E-state index in [1.807, 2.05) is 0 Å². The predicted octanol–water partition coefficient (Wildman–Crippen LogP) is 1.60. The Kier molecular flexibility index (Phi) is 4.62. The van der Waals surface area contributed by atoms with Crippen LogP contribution in [0.5, 0.6) is 0 Å². The van der Waals surface area contributed by atoms with Gasteiger partial charge in [-0.2, -0.15) is 0 Å². The molecule has 1 heterocycles. The third-order valence-electron chi connectivity index (χ3n) is 2.78. The Morgan fingerprint density at radius 3 is 2.83 bits per heavy atom. The topological polar surface area (TPSA) is 29.3 Å². The molecule has 0 aromatic carbocycles. The summed E-state index contributed by atoms with van der Waals surface area (Å²) in [4.78, 5) is 2.58. The summed E-state index contributed by atoms with van der Waals surface area (Å²) < 4.78 is 0. The zero-order valence-electron chi connectivity index (χ0n) is 8.26. The number of hydrogen-bond donors (Lipinski definition) is 1. The van der Waals surface area contributed by atoms with Gasteiger partial charge in [0.15, 0.2) is 0 Å². The van der Waals surface area contributed by atoms with Gasteiger partial charge in [0.05, 0.1) is 0 Å². The lowest BCUT2D eigenvalue weighted by molar-refractivity contribution is 0.205. The molecule has 1 aliphatic rings. The number of nitrogens with two attached hydrogens (primary N) is 1. The van der Waals surface area contributed by atoms with Crippen LogP contribution in [0.4, 0.5) is 0 Å². The second-order valence-electron chi connectivity index (χ2n) is 3.77. The van der Waals surface area contributed by atoms with Gasteiger partial charge in [0.1, 0.15) is 0 Å². The van der Waals surface area contributed by atoms with Gasteiger partial charge in [-0.25, -0.2) is 0 Å². The van der Waals surface area contributed by atoms with Crippen LogP contribution in [0, 0.1) is 0 Å². The summed E-state index contributed by atoms with van der Waals surface area (Å²) in [6.45, 7) is 5.61. The molecule has 72 valence electrons. The minimum absolute atomic E-state index is 0.674. The first kappa shape index (κ1) is 10.0. The highest BCUT2D eigenvalue weighted by atomic mass is 15.2. The van der Waals surface area contributed by atoms with E-state index in [2.05, 4.69) is 11.8 Å². The fourth-order valence-electron chi connectivity index (χ4n) is 2.09. The van der Waals surface area contributed by atoms with Crippen molar-refractivity contribution in [3.8, 4) is 0 Å². The summed E-state index contributed by atoms with van der Waals surface area (Å²) in [7, 11) is 0. The fraction of sp³-hybridized carbons (Fsp3) is 1.00. The molecule has 0 bridgehead atoms. The lowest BCUT2D eigenvalue weighted by Gasteiger charge is -2.28. The van der Waals surface area contributed by atoms with Crippen molar-refractivity contribution in [1.82, 2.24) is 4.90 Å². The van der Waals surface area contributed by atoms with Crippen molar-refractivity contribution in [3.63, 3.8) is 0 Å². The molecule has 0 aromatic rings. The number of hydrogen-bond acceptors (Lipinski definition) is 2. The SMILES string of the molecule is CCCN1CCCCCC1CN. The van der Waals surface area contributed by atoms with E-state index in [1.165, 1.54) is 45.2 Å². The Hall–Kier alpha value is -0.0800. The van der Waals surface area contributed by atoms with Crippen molar-refractivity contribution >= 4 is 0 Å². The van der Waals surface area contributed by atoms with Crippen LogP contribution in [0.15, 0.2) is 0 Å². The van der Waals surface area contributed by atoms with Gasteiger partial charge < -0.3 is 5.73 Å². The quantitative estimate of drug-likeness (QED) is 0.697. The van der Waals surface area contributed by atoms with Crippen LogP contribution in [0.3, 0.4) is 0 Å². The Bertz CT molecular complexity index is 114. The summed E-state index contributed by atoms with van der Waals surface area (Å²) in [6.07, 6.45) is 6.72. The van der Waals surface area contributed by atoms with Crippen molar-refractivity contribution < 1.29 is 0 Å². The Morgan fingerprint density at radius 2 is 2.17 bits per heavy atom. The molecule has 0 aliphatic carbocycles. The molecule has 2 heteroatoms. The molecule has 0 radical (unpaired) electrons. The highest BCUT2D eigenvalue weighted by Gasteiger charge is 2.17. The van der Waals surface area contributed by atoms with Gasteiger partial charge >= 0.3 is 0 Å². The summed E-state index contributed by atoms with van der Waals surface area (Å²) in [5.74, 6) is 0. The zero-order chi connectivity index (χ0) is 8.81. The van der Waals surface area contributed by atoms with E-state index in [-0.39, 0.29) is 0 Å². The third kappa shape index (κ3) is 2.76. The molecule has 1 unspecified atom stereocenters. The molecule has 1 rings (SSSR count). The molecular formula is C10H22N2. The highest BCUT2D eigenvalue weighted by molar-refractivity contribution is 4.75. The number of likely N-dealkylation sites (tertiary alicyclic amines) is 1. The van der Waals surface area contributed by atoms with E-state index in [0.29, 0.717) is 6.04 Å². The van der Waals surface area contributed by atoms with Crippen LogP contribution < -0.4 is 5.73 Å². The number of rotatable bonds is 3. The minimum atomic E-state index is 0.674. The van der Waals surface area contributed by atoms with Crippen LogP contribution >= 0.6 is 0 Å². The average Bonchev–Trinajstić information content (AvgIpc) is 2.30. The maximum Gasteiger partial charge on any atom is 0.0218 e. The average molecular weight is 170 g/mol. The molecule has 1 atom stereocenters. The first-order valence-corrected chi connectivity index (χ1v) is 5.32. The molecule has 0 aromatic heterocycles. The van der Waals surface area contributed by atoms with E-state index in [1.54, 1.807) is 0 Å². The first-order chi connectivity index (χ1) is 5.88. The van der Waals surface area contributed by atoms with Crippen LogP contribution in [-0.4, -0.2) is 30.6 Å². The van der Waals surface area contributed by atoms with E-state index >= 15 is 0 Å². The molecular weight excluding hydrogens is 148 g/mol. The van der Waals surface area contributed by atoms with Gasteiger partial charge in [-0.05, 0) is 32.4 Å². The maximum absolute atomic E-state index is 5.75. The van der Waals surface area contributed by atoms with Crippen molar-refractivity contribution in [2.45, 2.75) is 45.1 Å². The first-order valence-electron chi connectivity index (χ1n) is 5.32. The molecule has 2 nitrogen and oxygen atoms in total. The lowest BCUT2D eigenvalue weighted by Crippen LogP contribution is -2.40. The molecule has 1 saturated heterocycles. The van der Waals surface area contributed by atoms with Crippen molar-refractivity contribution in [2.75, 3.05) is 19.6 Å². The third-order valence-corrected chi connectivity index (χ3v) is 2.78. The monoisotopic (exact) mass is 170 g/mol. The summed E-state index contributed by atoms with van der Waals surface area (Å²) >= 11 is 0. The second kappa shape index (κ2) is 5.55. The summed E-state index contributed by atoms with van der Waals surface area (Å²) in [5.41, 5.74) is 5.75. The Morgan fingerprint density at radius 1 is 1.33 bits per heavy atom. The fourth-order valence-corrected chi connectivity index (χ4v) is 2.09. The van der Waals surface area contributed by atoms with Crippen LogP contribution in [0.25, 0.3) is 0 Å². The molecule has 1 fully saturated rings. The van der Waals surface area contributed by atoms with Crippen molar-refractivity contribution in [1.29, 1.82) is 0 Å². The Labute approximate surface area is 76.1 Å². The molecule has 12 heavy (non-hydrogen) atoms. The molecule has 0 saturated carbocycles. The highest BCUT2D eigenvalue weighted by Crippen LogP contribution is 2.15. The second-order valence-corrected chi connectivity index (χ2v) is 3.77. The smallest absolute Gasteiger partial charge is 0.0218 e. The van der Waals surface area contributed by atoms with E-state index in [0.717, 1.165) is 6.54 Å². The normalized spacial score (nSPS) is 27.0. The standard InChI is InChI=1S/C10H22N2/c1-2-7-12-8-5-3-4-6-10(12)9-11/h10H,2-9,11H2,1H3. The predicted molar refractivity (Wildman–Crippen MR) is 53.2 cm³/mol.